The molecule has 1 aromatic rings. The quantitative estimate of drug-likeness (QED) is 0.333. The van der Waals surface area contributed by atoms with Gasteiger partial charge < -0.3 is 4.74 Å². The molecule has 0 radical (unpaired) electrons. The van der Waals surface area contributed by atoms with Crippen LogP contribution in [0.25, 0.3) is 0 Å². The fourth-order valence-electron chi connectivity index (χ4n) is 1.08. The highest BCUT2D eigenvalue weighted by Crippen LogP contribution is 1.96. The predicted octanol–water partition coefficient (Wildman–Crippen LogP) is 2.55. The third-order valence-corrected chi connectivity index (χ3v) is 1.86. The smallest absolute Gasteiger partial charge is 0.330 e. The zero-order valence-corrected chi connectivity index (χ0v) is 9.11. The number of hydrogen-bond donors (Lipinski definition) is 0. The molecule has 0 fully saturated rings. The van der Waals surface area contributed by atoms with Gasteiger partial charge in [0.2, 0.25) is 0 Å². The highest BCUT2D eigenvalue weighted by Gasteiger charge is 1.92. The summed E-state index contributed by atoms with van der Waals surface area (Å²) >= 11 is 0. The molecule has 2 heteroatoms. The van der Waals surface area contributed by atoms with E-state index in [1.54, 1.807) is 0 Å². The first-order valence-electron chi connectivity index (χ1n) is 5.16. The first-order valence-corrected chi connectivity index (χ1v) is 5.16. The van der Waals surface area contributed by atoms with Gasteiger partial charge in [-0.1, -0.05) is 36.6 Å². The highest BCUT2D eigenvalue weighted by atomic mass is 16.5. The molecular weight excluding hydrogens is 200 g/mol. The topological polar surface area (TPSA) is 26.3 Å². The summed E-state index contributed by atoms with van der Waals surface area (Å²) < 4.78 is 4.82. The van der Waals surface area contributed by atoms with Crippen LogP contribution in [0.5, 0.6) is 0 Å². The molecule has 0 aliphatic carbocycles. The largest absolute Gasteiger partial charge is 0.463 e. The molecule has 2 nitrogen and oxygen atoms in total. The average Bonchev–Trinajstić information content (AvgIpc) is 2.34. The van der Waals surface area contributed by atoms with Gasteiger partial charge in [0, 0.05) is 18.1 Å². The molecule has 0 spiro atoms. The van der Waals surface area contributed by atoms with Crippen molar-refractivity contribution in [3.8, 4) is 11.8 Å². The lowest BCUT2D eigenvalue weighted by Crippen LogP contribution is -2.01. The molecule has 0 unspecified atom stereocenters. The Kier molecular flexibility index (Phi) is 5.51. The Hall–Kier alpha value is -2.01. The Balaban J connectivity index is 2.19. The van der Waals surface area contributed by atoms with Gasteiger partial charge in [0.1, 0.15) is 0 Å². The fraction of sp³-hybridized carbons (Fsp3) is 0.214. The van der Waals surface area contributed by atoms with Crippen molar-refractivity contribution in [2.75, 3.05) is 6.61 Å². The van der Waals surface area contributed by atoms with Crippen LogP contribution < -0.4 is 0 Å². The van der Waals surface area contributed by atoms with E-state index < -0.39 is 0 Å². The minimum absolute atomic E-state index is 0.379. The van der Waals surface area contributed by atoms with E-state index in [0.717, 1.165) is 24.5 Å². The van der Waals surface area contributed by atoms with Crippen LogP contribution in [-0.2, 0) is 9.53 Å². The normalized spacial score (nSPS) is 8.75. The van der Waals surface area contributed by atoms with Crippen molar-refractivity contribution in [2.45, 2.75) is 12.8 Å². The number of ether oxygens (including phenoxy) is 1. The van der Waals surface area contributed by atoms with Gasteiger partial charge in [-0.15, -0.1) is 0 Å². The predicted molar refractivity (Wildman–Crippen MR) is 63.7 cm³/mol. The van der Waals surface area contributed by atoms with Crippen molar-refractivity contribution in [1.82, 2.24) is 0 Å². The lowest BCUT2D eigenvalue weighted by atomic mass is 10.2. The summed E-state index contributed by atoms with van der Waals surface area (Å²) in [5.41, 5.74) is 1.01. The molecule has 0 aromatic heterocycles. The van der Waals surface area contributed by atoms with Gasteiger partial charge in [0.25, 0.3) is 0 Å². The molecule has 0 heterocycles. The summed E-state index contributed by atoms with van der Waals surface area (Å²) in [6, 6.07) is 9.79. The summed E-state index contributed by atoms with van der Waals surface area (Å²) in [6.07, 6.45) is 2.63. The van der Waals surface area contributed by atoms with Crippen LogP contribution >= 0.6 is 0 Å². The second kappa shape index (κ2) is 7.30. The Morgan fingerprint density at radius 2 is 2.12 bits per heavy atom. The summed E-state index contributed by atoms with van der Waals surface area (Å²) in [4.78, 5) is 10.7. The standard InChI is InChI=1S/C14H14O2/c1-2-14(15)16-12-8-4-7-11-13-9-5-3-6-10-13/h2-3,5-6,9-10H,1,4,8,12H2. The minimum atomic E-state index is -0.379. The highest BCUT2D eigenvalue weighted by molar-refractivity contribution is 5.81. The maximum Gasteiger partial charge on any atom is 0.330 e. The van der Waals surface area contributed by atoms with Crippen molar-refractivity contribution in [2.24, 2.45) is 0 Å². The number of hydrogen-bond acceptors (Lipinski definition) is 2. The zero-order valence-electron chi connectivity index (χ0n) is 9.11. The molecule has 1 aromatic carbocycles. The SMILES string of the molecule is C=CC(=O)OCCCC#Cc1ccccc1. The lowest BCUT2D eigenvalue weighted by molar-refractivity contribution is -0.137. The van der Waals surface area contributed by atoms with Crippen molar-refractivity contribution < 1.29 is 9.53 Å². The van der Waals surface area contributed by atoms with E-state index in [1.165, 1.54) is 0 Å². The van der Waals surface area contributed by atoms with Gasteiger partial charge in [0.05, 0.1) is 6.61 Å². The Bertz CT molecular complexity index is 396. The van der Waals surface area contributed by atoms with Gasteiger partial charge in [-0.25, -0.2) is 4.79 Å². The average molecular weight is 214 g/mol. The molecule has 1 rings (SSSR count). The van der Waals surface area contributed by atoms with E-state index in [2.05, 4.69) is 18.4 Å². The van der Waals surface area contributed by atoms with E-state index in [0.29, 0.717) is 6.61 Å². The van der Waals surface area contributed by atoms with Crippen molar-refractivity contribution in [1.29, 1.82) is 0 Å². The van der Waals surface area contributed by atoms with Crippen LogP contribution in [0.15, 0.2) is 43.0 Å². The van der Waals surface area contributed by atoms with Crippen LogP contribution in [0.2, 0.25) is 0 Å². The van der Waals surface area contributed by atoms with Gasteiger partial charge in [0.15, 0.2) is 0 Å². The fourth-order valence-corrected chi connectivity index (χ4v) is 1.08. The molecule has 0 saturated heterocycles. The second-order valence-electron chi connectivity index (χ2n) is 3.14. The number of benzene rings is 1. The molecule has 82 valence electrons. The molecule has 0 bridgehead atoms. The molecule has 0 aliphatic rings. The van der Waals surface area contributed by atoms with Crippen molar-refractivity contribution in [3.63, 3.8) is 0 Å². The number of carbonyl (C=O) groups excluding carboxylic acids is 1. The lowest BCUT2D eigenvalue weighted by Gasteiger charge is -1.97. The first kappa shape index (κ1) is 12.1. The Morgan fingerprint density at radius 3 is 2.81 bits per heavy atom. The third-order valence-electron chi connectivity index (χ3n) is 1.86. The van der Waals surface area contributed by atoms with Gasteiger partial charge in [-0.3, -0.25) is 0 Å². The first-order chi connectivity index (χ1) is 7.83. The van der Waals surface area contributed by atoms with Crippen LogP contribution in [0.1, 0.15) is 18.4 Å². The number of esters is 1. The maximum absolute atomic E-state index is 10.7. The van der Waals surface area contributed by atoms with E-state index in [-0.39, 0.29) is 5.97 Å². The third kappa shape index (κ3) is 5.02. The van der Waals surface area contributed by atoms with Crippen LogP contribution in [0.4, 0.5) is 0 Å². The molecule has 0 saturated carbocycles. The zero-order chi connectivity index (χ0) is 11.6. The van der Waals surface area contributed by atoms with E-state index in [1.807, 2.05) is 30.3 Å². The maximum atomic E-state index is 10.7. The van der Waals surface area contributed by atoms with Crippen molar-refractivity contribution in [3.05, 3.63) is 48.6 Å². The minimum Gasteiger partial charge on any atom is -0.463 e. The Morgan fingerprint density at radius 1 is 1.38 bits per heavy atom. The van der Waals surface area contributed by atoms with Crippen LogP contribution in [0, 0.1) is 11.8 Å². The summed E-state index contributed by atoms with van der Waals surface area (Å²) in [5.74, 6) is 5.68. The number of unbranched alkanes of at least 4 members (excludes halogenated alkanes) is 1. The Labute approximate surface area is 95.9 Å². The molecule has 16 heavy (non-hydrogen) atoms. The molecular formula is C14H14O2. The summed E-state index contributed by atoms with van der Waals surface area (Å²) in [7, 11) is 0. The number of carbonyl (C=O) groups is 1. The van der Waals surface area contributed by atoms with Gasteiger partial charge >= 0.3 is 5.97 Å². The molecule has 0 aliphatic heterocycles. The molecule has 0 N–H and O–H groups in total. The van der Waals surface area contributed by atoms with E-state index in [4.69, 9.17) is 4.74 Å². The molecule has 0 amide bonds. The van der Waals surface area contributed by atoms with Gasteiger partial charge in [-0.2, -0.15) is 0 Å². The number of rotatable bonds is 4. The summed E-state index contributed by atoms with van der Waals surface area (Å²) in [6.45, 7) is 3.71. The monoisotopic (exact) mass is 214 g/mol. The van der Waals surface area contributed by atoms with E-state index in [9.17, 15) is 4.79 Å². The van der Waals surface area contributed by atoms with Crippen LogP contribution in [-0.4, -0.2) is 12.6 Å². The van der Waals surface area contributed by atoms with Crippen molar-refractivity contribution >= 4 is 5.97 Å². The van der Waals surface area contributed by atoms with Gasteiger partial charge in [-0.05, 0) is 18.6 Å². The second-order valence-corrected chi connectivity index (χ2v) is 3.14. The van der Waals surface area contributed by atoms with Crippen LogP contribution in [0.3, 0.4) is 0 Å². The summed E-state index contributed by atoms with van der Waals surface area (Å²) in [5, 5.41) is 0. The van der Waals surface area contributed by atoms with E-state index >= 15 is 0 Å². The molecule has 0 atom stereocenters.